The van der Waals surface area contributed by atoms with Crippen LogP contribution in [0.2, 0.25) is 0 Å². The van der Waals surface area contributed by atoms with Crippen molar-refractivity contribution in [3.8, 4) is 0 Å². The molecule has 0 saturated carbocycles. The van der Waals surface area contributed by atoms with Gasteiger partial charge < -0.3 is 10.0 Å². The Bertz CT molecular complexity index is 413. The minimum Gasteiger partial charge on any atom is -0.481 e. The monoisotopic (exact) mass is 267 g/mol. The van der Waals surface area contributed by atoms with Gasteiger partial charge in [-0.1, -0.05) is 6.42 Å². The number of unbranched alkanes of at least 4 members (excludes halogenated alkanes) is 1. The van der Waals surface area contributed by atoms with Crippen molar-refractivity contribution >= 4 is 5.97 Å². The summed E-state index contributed by atoms with van der Waals surface area (Å²) < 4.78 is 1.80. The van der Waals surface area contributed by atoms with Gasteiger partial charge in [0, 0.05) is 25.4 Å². The summed E-state index contributed by atoms with van der Waals surface area (Å²) in [6.45, 7) is 5.43. The van der Waals surface area contributed by atoms with Crippen LogP contribution in [0.25, 0.3) is 0 Å². The molecule has 19 heavy (non-hydrogen) atoms. The number of aryl methyl sites for hydroxylation is 1. The van der Waals surface area contributed by atoms with Gasteiger partial charge in [-0.3, -0.25) is 9.48 Å². The molecule has 1 aromatic rings. The molecule has 0 fully saturated rings. The molecule has 0 radical (unpaired) electrons. The van der Waals surface area contributed by atoms with Gasteiger partial charge in [-0.05, 0) is 40.3 Å². The predicted octanol–water partition coefficient (Wildman–Crippen LogP) is 2.13. The molecule has 1 aromatic heterocycles. The summed E-state index contributed by atoms with van der Waals surface area (Å²) in [6, 6.07) is 0. The zero-order chi connectivity index (χ0) is 14.5. The number of carboxylic acids is 1. The minimum absolute atomic E-state index is 0.609. The van der Waals surface area contributed by atoms with E-state index < -0.39 is 11.4 Å². The molecule has 0 aliphatic carbocycles. The number of hydrogen-bond donors (Lipinski definition) is 1. The van der Waals surface area contributed by atoms with Gasteiger partial charge in [-0.2, -0.15) is 5.10 Å². The quantitative estimate of drug-likeness (QED) is 0.733. The Hall–Kier alpha value is -1.36. The average Bonchev–Trinajstić information content (AvgIpc) is 2.70. The van der Waals surface area contributed by atoms with Crippen LogP contribution in [-0.4, -0.2) is 39.3 Å². The average molecular weight is 267 g/mol. The van der Waals surface area contributed by atoms with Gasteiger partial charge >= 0.3 is 5.97 Å². The van der Waals surface area contributed by atoms with Crippen molar-refractivity contribution in [1.82, 2.24) is 14.7 Å². The molecule has 1 N–H and O–H groups in total. The minimum atomic E-state index is -0.712. The Morgan fingerprint density at radius 3 is 2.68 bits per heavy atom. The molecule has 1 heterocycles. The van der Waals surface area contributed by atoms with E-state index in [-0.39, 0.29) is 0 Å². The largest absolute Gasteiger partial charge is 0.481 e. The van der Waals surface area contributed by atoms with Crippen LogP contribution in [0.15, 0.2) is 12.4 Å². The van der Waals surface area contributed by atoms with Crippen LogP contribution in [0, 0.1) is 5.41 Å². The Morgan fingerprint density at radius 1 is 1.47 bits per heavy atom. The Morgan fingerprint density at radius 2 is 2.16 bits per heavy atom. The van der Waals surface area contributed by atoms with Crippen molar-refractivity contribution in [3.05, 3.63) is 18.0 Å². The molecule has 108 valence electrons. The topological polar surface area (TPSA) is 58.4 Å². The third kappa shape index (κ3) is 5.42. The van der Waals surface area contributed by atoms with Crippen molar-refractivity contribution in [2.75, 3.05) is 13.6 Å². The Labute approximate surface area is 115 Å². The molecular weight excluding hydrogens is 242 g/mol. The summed E-state index contributed by atoms with van der Waals surface area (Å²) in [5, 5.41) is 13.2. The van der Waals surface area contributed by atoms with Crippen LogP contribution in [-0.2, 0) is 18.4 Å². The third-order valence-corrected chi connectivity index (χ3v) is 3.38. The van der Waals surface area contributed by atoms with Gasteiger partial charge in [0.25, 0.3) is 0 Å². The van der Waals surface area contributed by atoms with Crippen molar-refractivity contribution in [2.45, 2.75) is 39.7 Å². The van der Waals surface area contributed by atoms with E-state index in [1.807, 2.05) is 19.4 Å². The SMILES string of the molecule is CN(CCCCC(C)(C)C(=O)O)Cc1cnn(C)c1. The fraction of sp³-hybridized carbons (Fsp3) is 0.714. The molecular formula is C14H25N3O2. The van der Waals surface area contributed by atoms with E-state index in [9.17, 15) is 4.79 Å². The first-order valence-corrected chi connectivity index (χ1v) is 6.71. The molecule has 0 aliphatic rings. The molecule has 0 amide bonds. The highest BCUT2D eigenvalue weighted by Gasteiger charge is 2.25. The van der Waals surface area contributed by atoms with E-state index >= 15 is 0 Å². The molecule has 5 nitrogen and oxygen atoms in total. The lowest BCUT2D eigenvalue weighted by molar-refractivity contribution is -0.147. The van der Waals surface area contributed by atoms with E-state index in [0.29, 0.717) is 0 Å². The van der Waals surface area contributed by atoms with Gasteiger partial charge in [0.1, 0.15) is 0 Å². The maximum absolute atomic E-state index is 11.0. The molecule has 0 saturated heterocycles. The second-order valence-electron chi connectivity index (χ2n) is 5.91. The fourth-order valence-corrected chi connectivity index (χ4v) is 2.00. The summed E-state index contributed by atoms with van der Waals surface area (Å²) in [5.74, 6) is -0.712. The zero-order valence-electron chi connectivity index (χ0n) is 12.4. The highest BCUT2D eigenvalue weighted by atomic mass is 16.4. The molecule has 0 spiro atoms. The van der Waals surface area contributed by atoms with E-state index in [2.05, 4.69) is 17.0 Å². The van der Waals surface area contributed by atoms with Crippen LogP contribution < -0.4 is 0 Å². The van der Waals surface area contributed by atoms with E-state index in [4.69, 9.17) is 5.11 Å². The number of aliphatic carboxylic acids is 1. The first kappa shape index (κ1) is 15.7. The Balaban J connectivity index is 2.21. The van der Waals surface area contributed by atoms with Gasteiger partial charge in [0.15, 0.2) is 0 Å². The first-order valence-electron chi connectivity index (χ1n) is 6.71. The van der Waals surface area contributed by atoms with Crippen molar-refractivity contribution in [1.29, 1.82) is 0 Å². The lowest BCUT2D eigenvalue weighted by Gasteiger charge is -2.20. The van der Waals surface area contributed by atoms with Crippen molar-refractivity contribution in [3.63, 3.8) is 0 Å². The van der Waals surface area contributed by atoms with Crippen molar-refractivity contribution < 1.29 is 9.90 Å². The second kappa shape index (κ2) is 6.70. The predicted molar refractivity (Wildman–Crippen MR) is 74.8 cm³/mol. The van der Waals surface area contributed by atoms with Crippen LogP contribution in [0.5, 0.6) is 0 Å². The van der Waals surface area contributed by atoms with Gasteiger partial charge in [0.05, 0.1) is 11.6 Å². The summed E-state index contributed by atoms with van der Waals surface area (Å²) in [5.41, 5.74) is 0.595. The number of carboxylic acid groups (broad SMARTS) is 1. The molecule has 0 bridgehead atoms. The molecule has 1 rings (SSSR count). The Kier molecular flexibility index (Phi) is 5.54. The van der Waals surface area contributed by atoms with E-state index in [1.165, 1.54) is 5.56 Å². The van der Waals surface area contributed by atoms with Crippen LogP contribution >= 0.6 is 0 Å². The molecule has 5 heteroatoms. The zero-order valence-corrected chi connectivity index (χ0v) is 12.4. The van der Waals surface area contributed by atoms with E-state index in [0.717, 1.165) is 32.4 Å². The lowest BCUT2D eigenvalue weighted by atomic mass is 9.87. The molecule has 0 atom stereocenters. The smallest absolute Gasteiger partial charge is 0.309 e. The van der Waals surface area contributed by atoms with E-state index in [1.54, 1.807) is 18.5 Å². The lowest BCUT2D eigenvalue weighted by Crippen LogP contribution is -2.24. The number of aromatic nitrogens is 2. The normalized spacial score (nSPS) is 12.1. The standard InChI is InChI=1S/C14H25N3O2/c1-14(2,13(18)19)7-5-6-8-16(3)10-12-9-15-17(4)11-12/h9,11H,5-8,10H2,1-4H3,(H,18,19). The first-order chi connectivity index (χ1) is 8.81. The van der Waals surface area contributed by atoms with Crippen LogP contribution in [0.3, 0.4) is 0 Å². The maximum atomic E-state index is 11.0. The summed E-state index contributed by atoms with van der Waals surface area (Å²) >= 11 is 0. The fourth-order valence-electron chi connectivity index (χ4n) is 2.00. The van der Waals surface area contributed by atoms with Crippen LogP contribution in [0.4, 0.5) is 0 Å². The second-order valence-corrected chi connectivity index (χ2v) is 5.91. The molecule has 0 unspecified atom stereocenters. The van der Waals surface area contributed by atoms with Gasteiger partial charge in [0.2, 0.25) is 0 Å². The molecule has 0 aromatic carbocycles. The number of rotatable bonds is 8. The highest BCUT2D eigenvalue weighted by Crippen LogP contribution is 2.23. The maximum Gasteiger partial charge on any atom is 0.309 e. The summed E-state index contributed by atoms with van der Waals surface area (Å²) in [6.07, 6.45) is 6.58. The summed E-state index contributed by atoms with van der Waals surface area (Å²) in [7, 11) is 3.99. The third-order valence-electron chi connectivity index (χ3n) is 3.38. The van der Waals surface area contributed by atoms with Gasteiger partial charge in [-0.25, -0.2) is 0 Å². The number of hydrogen-bond acceptors (Lipinski definition) is 3. The number of carbonyl (C=O) groups is 1. The van der Waals surface area contributed by atoms with Crippen molar-refractivity contribution in [2.24, 2.45) is 12.5 Å². The van der Waals surface area contributed by atoms with Gasteiger partial charge in [-0.15, -0.1) is 0 Å². The number of nitrogens with zero attached hydrogens (tertiary/aromatic N) is 3. The molecule has 0 aliphatic heterocycles. The summed E-state index contributed by atoms with van der Waals surface area (Å²) in [4.78, 5) is 13.2. The van der Waals surface area contributed by atoms with Crippen LogP contribution in [0.1, 0.15) is 38.7 Å². The highest BCUT2D eigenvalue weighted by molar-refractivity contribution is 5.73.